The molecule has 1 amide bonds. The second-order valence-electron chi connectivity index (χ2n) is 8.56. The number of nitriles is 1. The fourth-order valence-electron chi connectivity index (χ4n) is 4.12. The number of rotatable bonds is 11. The van der Waals surface area contributed by atoms with Crippen LogP contribution in [0.3, 0.4) is 0 Å². The van der Waals surface area contributed by atoms with E-state index in [1.165, 1.54) is 0 Å². The summed E-state index contributed by atoms with van der Waals surface area (Å²) in [6.45, 7) is 0.577. The Hall–Kier alpha value is -5.03. The van der Waals surface area contributed by atoms with Crippen LogP contribution in [0.1, 0.15) is 16.7 Å². The SMILES string of the molecule is COc1ccc(/C=C(\C#N)C(=O)NCCc2ccc(OC)c(OC)c2)cc1COc1cccc2cccnc12. The maximum atomic E-state index is 12.7. The smallest absolute Gasteiger partial charge is 0.261 e. The van der Waals surface area contributed by atoms with Crippen molar-refractivity contribution >= 4 is 22.9 Å². The molecule has 0 spiro atoms. The summed E-state index contributed by atoms with van der Waals surface area (Å²) in [6, 6.07) is 22.6. The van der Waals surface area contributed by atoms with Crippen molar-refractivity contribution in [2.24, 2.45) is 0 Å². The van der Waals surface area contributed by atoms with E-state index < -0.39 is 5.91 Å². The van der Waals surface area contributed by atoms with Crippen LogP contribution in [0.15, 0.2) is 78.5 Å². The molecule has 0 saturated carbocycles. The minimum absolute atomic E-state index is 0.00222. The Balaban J connectivity index is 1.44. The number of fused-ring (bicyclic) bond motifs is 1. The molecule has 0 unspecified atom stereocenters. The van der Waals surface area contributed by atoms with Gasteiger partial charge in [-0.1, -0.05) is 30.3 Å². The zero-order valence-corrected chi connectivity index (χ0v) is 22.1. The van der Waals surface area contributed by atoms with Gasteiger partial charge in [-0.15, -0.1) is 0 Å². The molecule has 0 aliphatic heterocycles. The minimum Gasteiger partial charge on any atom is -0.496 e. The zero-order valence-electron chi connectivity index (χ0n) is 22.1. The first-order valence-corrected chi connectivity index (χ1v) is 12.3. The molecule has 0 radical (unpaired) electrons. The molecule has 0 atom stereocenters. The lowest BCUT2D eigenvalue weighted by atomic mass is 10.1. The molecule has 0 aliphatic rings. The fourth-order valence-corrected chi connectivity index (χ4v) is 4.12. The van der Waals surface area contributed by atoms with Gasteiger partial charge in [-0.25, -0.2) is 0 Å². The predicted molar refractivity (Wildman–Crippen MR) is 149 cm³/mol. The van der Waals surface area contributed by atoms with Crippen molar-refractivity contribution in [3.8, 4) is 29.1 Å². The Kier molecular flexibility index (Phi) is 8.99. The largest absolute Gasteiger partial charge is 0.496 e. The van der Waals surface area contributed by atoms with Gasteiger partial charge in [0.25, 0.3) is 5.91 Å². The number of amides is 1. The number of ether oxygens (including phenoxy) is 4. The van der Waals surface area contributed by atoms with Gasteiger partial charge in [0.1, 0.15) is 35.3 Å². The van der Waals surface area contributed by atoms with Gasteiger partial charge in [0, 0.05) is 23.7 Å². The van der Waals surface area contributed by atoms with Crippen LogP contribution in [0.2, 0.25) is 0 Å². The number of carbonyl (C=O) groups excluding carboxylic acids is 1. The van der Waals surface area contributed by atoms with Gasteiger partial charge in [0.15, 0.2) is 11.5 Å². The molecule has 0 aliphatic carbocycles. The summed E-state index contributed by atoms with van der Waals surface area (Å²) in [5.41, 5.74) is 3.18. The van der Waals surface area contributed by atoms with Crippen LogP contribution >= 0.6 is 0 Å². The van der Waals surface area contributed by atoms with E-state index in [9.17, 15) is 10.1 Å². The third-order valence-electron chi connectivity index (χ3n) is 6.11. The Labute approximate surface area is 227 Å². The van der Waals surface area contributed by atoms with Crippen molar-refractivity contribution < 1.29 is 23.7 Å². The monoisotopic (exact) mass is 523 g/mol. The molecule has 0 bridgehead atoms. The molecule has 39 heavy (non-hydrogen) atoms. The van der Waals surface area contributed by atoms with Crippen molar-refractivity contribution in [2.45, 2.75) is 13.0 Å². The number of aromatic nitrogens is 1. The van der Waals surface area contributed by atoms with Crippen LogP contribution in [-0.4, -0.2) is 38.8 Å². The second kappa shape index (κ2) is 13.0. The quantitative estimate of drug-likeness (QED) is 0.215. The van der Waals surface area contributed by atoms with Crippen LogP contribution in [0.5, 0.6) is 23.0 Å². The summed E-state index contributed by atoms with van der Waals surface area (Å²) in [6.07, 6.45) is 3.84. The Morgan fingerprint density at radius 1 is 0.923 bits per heavy atom. The highest BCUT2D eigenvalue weighted by Crippen LogP contribution is 2.28. The molecule has 0 saturated heterocycles. The molecule has 0 fully saturated rings. The fraction of sp³-hybridized carbons (Fsp3) is 0.194. The lowest BCUT2D eigenvalue weighted by Gasteiger charge is -2.12. The van der Waals surface area contributed by atoms with E-state index in [1.54, 1.807) is 45.7 Å². The first-order chi connectivity index (χ1) is 19.1. The van der Waals surface area contributed by atoms with Crippen molar-refractivity contribution in [1.29, 1.82) is 5.26 Å². The summed E-state index contributed by atoms with van der Waals surface area (Å²) in [5, 5.41) is 13.4. The molecule has 4 aromatic rings. The summed E-state index contributed by atoms with van der Waals surface area (Å²) >= 11 is 0. The summed E-state index contributed by atoms with van der Waals surface area (Å²) in [5.74, 6) is 2.10. The molecule has 1 heterocycles. The normalized spacial score (nSPS) is 11.0. The van der Waals surface area contributed by atoms with Crippen molar-refractivity contribution in [2.75, 3.05) is 27.9 Å². The molecule has 3 aromatic carbocycles. The summed E-state index contributed by atoms with van der Waals surface area (Å²) in [4.78, 5) is 17.2. The molecule has 198 valence electrons. The Morgan fingerprint density at radius 2 is 1.69 bits per heavy atom. The standard InChI is InChI=1S/C31H29N3O5/c1-36-26-11-10-22(17-25(26)20-39-28-8-4-6-23-7-5-14-33-30(23)28)16-24(19-32)31(35)34-15-13-21-9-12-27(37-2)29(18-21)38-3/h4-12,14,16-18H,13,15,20H2,1-3H3,(H,34,35)/b24-16+. The molecular formula is C31H29N3O5. The van der Waals surface area contributed by atoms with Gasteiger partial charge in [0.05, 0.1) is 21.3 Å². The minimum atomic E-state index is -0.451. The first-order valence-electron chi connectivity index (χ1n) is 12.3. The van der Waals surface area contributed by atoms with E-state index in [0.717, 1.165) is 22.0 Å². The van der Waals surface area contributed by atoms with Gasteiger partial charge in [0.2, 0.25) is 0 Å². The number of nitrogens with zero attached hydrogens (tertiary/aromatic N) is 2. The van der Waals surface area contributed by atoms with E-state index in [-0.39, 0.29) is 12.2 Å². The number of para-hydroxylation sites is 1. The highest BCUT2D eigenvalue weighted by molar-refractivity contribution is 6.01. The van der Waals surface area contributed by atoms with Crippen LogP contribution in [0, 0.1) is 11.3 Å². The van der Waals surface area contributed by atoms with Gasteiger partial charge >= 0.3 is 0 Å². The van der Waals surface area contributed by atoms with Gasteiger partial charge < -0.3 is 24.3 Å². The molecule has 1 aromatic heterocycles. The van der Waals surface area contributed by atoms with Crippen molar-refractivity contribution in [1.82, 2.24) is 10.3 Å². The van der Waals surface area contributed by atoms with Gasteiger partial charge in [-0.2, -0.15) is 5.26 Å². The summed E-state index contributed by atoms with van der Waals surface area (Å²) in [7, 11) is 4.74. The van der Waals surface area contributed by atoms with E-state index >= 15 is 0 Å². The van der Waals surface area contributed by atoms with Crippen LogP contribution in [-0.2, 0) is 17.8 Å². The van der Waals surface area contributed by atoms with E-state index in [0.29, 0.717) is 41.5 Å². The lowest BCUT2D eigenvalue weighted by molar-refractivity contribution is -0.117. The van der Waals surface area contributed by atoms with Crippen LogP contribution in [0.25, 0.3) is 17.0 Å². The lowest BCUT2D eigenvalue weighted by Crippen LogP contribution is -2.26. The predicted octanol–water partition coefficient (Wildman–Crippen LogP) is 5.11. The first kappa shape index (κ1) is 27.0. The molecule has 4 rings (SSSR count). The number of methoxy groups -OCH3 is 3. The third-order valence-corrected chi connectivity index (χ3v) is 6.11. The molecule has 8 heteroatoms. The number of carbonyl (C=O) groups is 1. The Morgan fingerprint density at radius 3 is 2.46 bits per heavy atom. The molecule has 8 nitrogen and oxygen atoms in total. The topological polar surface area (TPSA) is 103 Å². The van der Waals surface area contributed by atoms with Gasteiger partial charge in [-0.3, -0.25) is 9.78 Å². The Bertz CT molecular complexity index is 1540. The maximum absolute atomic E-state index is 12.7. The highest BCUT2D eigenvalue weighted by atomic mass is 16.5. The van der Waals surface area contributed by atoms with Crippen molar-refractivity contribution in [3.05, 3.63) is 95.2 Å². The number of hydrogen-bond donors (Lipinski definition) is 1. The van der Waals surface area contributed by atoms with Gasteiger partial charge in [-0.05, 0) is 60.0 Å². The number of hydrogen-bond acceptors (Lipinski definition) is 7. The van der Waals surface area contributed by atoms with Crippen LogP contribution < -0.4 is 24.3 Å². The van der Waals surface area contributed by atoms with E-state index in [1.807, 2.05) is 60.7 Å². The maximum Gasteiger partial charge on any atom is 0.261 e. The summed E-state index contributed by atoms with van der Waals surface area (Å²) < 4.78 is 22.2. The average Bonchev–Trinajstić information content (AvgIpc) is 2.98. The average molecular weight is 524 g/mol. The molecular weight excluding hydrogens is 494 g/mol. The van der Waals surface area contributed by atoms with E-state index in [4.69, 9.17) is 18.9 Å². The van der Waals surface area contributed by atoms with E-state index in [2.05, 4.69) is 10.3 Å². The second-order valence-corrected chi connectivity index (χ2v) is 8.56. The molecule has 1 N–H and O–H groups in total. The number of nitrogens with one attached hydrogen (secondary N) is 1. The third kappa shape index (κ3) is 6.65. The highest BCUT2D eigenvalue weighted by Gasteiger charge is 2.12. The number of pyridine rings is 1. The zero-order chi connectivity index (χ0) is 27.6. The van der Waals surface area contributed by atoms with Crippen molar-refractivity contribution in [3.63, 3.8) is 0 Å². The van der Waals surface area contributed by atoms with Crippen LogP contribution in [0.4, 0.5) is 0 Å². The number of benzene rings is 3.